The fraction of sp³-hybridized carbons (Fsp3) is 0.556. The first-order valence-corrected chi connectivity index (χ1v) is 5.12. The van der Waals surface area contributed by atoms with E-state index < -0.39 is 0 Å². The maximum atomic E-state index is 11.2. The Labute approximate surface area is 94.0 Å². The highest BCUT2D eigenvalue weighted by molar-refractivity contribution is 6.30. The lowest BCUT2D eigenvalue weighted by Crippen LogP contribution is -2.35. The van der Waals surface area contributed by atoms with Crippen LogP contribution < -0.4 is 5.32 Å². The molecular weight excluding hydrogens is 216 g/mol. The molecule has 84 valence electrons. The van der Waals surface area contributed by atoms with Crippen molar-refractivity contribution < 1.29 is 4.79 Å². The van der Waals surface area contributed by atoms with Crippen molar-refractivity contribution in [3.05, 3.63) is 17.4 Å². The van der Waals surface area contributed by atoms with Crippen LogP contribution in [0.5, 0.6) is 0 Å². The molecule has 0 aliphatic rings. The van der Waals surface area contributed by atoms with Crippen LogP contribution in [-0.4, -0.2) is 40.7 Å². The largest absolute Gasteiger partial charge is 0.355 e. The van der Waals surface area contributed by atoms with Crippen molar-refractivity contribution >= 4 is 17.5 Å². The van der Waals surface area contributed by atoms with Gasteiger partial charge in [0.15, 0.2) is 0 Å². The van der Waals surface area contributed by atoms with Gasteiger partial charge in [0.1, 0.15) is 0 Å². The fourth-order valence-electron chi connectivity index (χ4n) is 1.21. The number of nitrogens with zero attached hydrogens (tertiary/aromatic N) is 3. The van der Waals surface area contributed by atoms with E-state index in [1.165, 1.54) is 0 Å². The Morgan fingerprint density at radius 3 is 3.00 bits per heavy atom. The maximum absolute atomic E-state index is 11.2. The molecule has 1 rings (SSSR count). The topological polar surface area (TPSA) is 50.2 Å². The van der Waals surface area contributed by atoms with Gasteiger partial charge in [-0.3, -0.25) is 14.4 Å². The zero-order valence-electron chi connectivity index (χ0n) is 8.90. The second kappa shape index (κ2) is 5.72. The summed E-state index contributed by atoms with van der Waals surface area (Å²) < 4.78 is 1.68. The third-order valence-corrected chi connectivity index (χ3v) is 1.97. The molecule has 5 nitrogen and oxygen atoms in total. The van der Waals surface area contributed by atoms with Crippen molar-refractivity contribution in [2.45, 2.75) is 13.6 Å². The number of aromatic nitrogens is 2. The van der Waals surface area contributed by atoms with Crippen LogP contribution in [0.3, 0.4) is 0 Å². The Balaban J connectivity index is 2.35. The number of likely N-dealkylation sites (N-methyl/N-ethyl adjacent to an activating group) is 2. The van der Waals surface area contributed by atoms with Gasteiger partial charge in [0.25, 0.3) is 0 Å². The number of halogens is 1. The second-order valence-electron chi connectivity index (χ2n) is 3.31. The van der Waals surface area contributed by atoms with Gasteiger partial charge in [0.2, 0.25) is 5.91 Å². The van der Waals surface area contributed by atoms with Crippen molar-refractivity contribution in [3.8, 4) is 0 Å². The van der Waals surface area contributed by atoms with Crippen LogP contribution in [0.1, 0.15) is 6.92 Å². The molecule has 15 heavy (non-hydrogen) atoms. The molecule has 0 aromatic carbocycles. The van der Waals surface area contributed by atoms with Gasteiger partial charge in [-0.2, -0.15) is 5.10 Å². The SMILES string of the molecule is CCNC(=O)CN(C)Cn1cc(Cl)cn1. The molecule has 0 unspecified atom stereocenters. The van der Waals surface area contributed by atoms with Crippen molar-refractivity contribution in [1.29, 1.82) is 0 Å². The first-order valence-electron chi connectivity index (χ1n) is 4.75. The fourth-order valence-corrected chi connectivity index (χ4v) is 1.37. The van der Waals surface area contributed by atoms with Crippen molar-refractivity contribution in [3.63, 3.8) is 0 Å². The normalized spacial score (nSPS) is 10.7. The van der Waals surface area contributed by atoms with E-state index in [4.69, 9.17) is 11.6 Å². The van der Waals surface area contributed by atoms with Gasteiger partial charge in [0.05, 0.1) is 24.4 Å². The van der Waals surface area contributed by atoms with E-state index >= 15 is 0 Å². The molecule has 0 aliphatic carbocycles. The molecule has 1 aromatic rings. The Morgan fingerprint density at radius 1 is 1.73 bits per heavy atom. The van der Waals surface area contributed by atoms with E-state index in [2.05, 4.69) is 10.4 Å². The highest BCUT2D eigenvalue weighted by Gasteiger charge is 2.06. The number of nitrogens with one attached hydrogen (secondary N) is 1. The zero-order valence-corrected chi connectivity index (χ0v) is 9.66. The number of carbonyl (C=O) groups excluding carboxylic acids is 1. The molecule has 1 amide bonds. The van der Waals surface area contributed by atoms with Crippen molar-refractivity contribution in [2.24, 2.45) is 0 Å². The smallest absolute Gasteiger partial charge is 0.234 e. The minimum Gasteiger partial charge on any atom is -0.355 e. The van der Waals surface area contributed by atoms with Crippen molar-refractivity contribution in [2.75, 3.05) is 20.1 Å². The zero-order chi connectivity index (χ0) is 11.3. The molecule has 1 heterocycles. The molecule has 0 saturated heterocycles. The van der Waals surface area contributed by atoms with E-state index in [1.807, 2.05) is 18.9 Å². The van der Waals surface area contributed by atoms with Crippen LogP contribution in [0.4, 0.5) is 0 Å². The maximum Gasteiger partial charge on any atom is 0.234 e. The van der Waals surface area contributed by atoms with Gasteiger partial charge >= 0.3 is 0 Å². The predicted octanol–water partition coefficient (Wildman–Crippen LogP) is 0.562. The number of carbonyl (C=O) groups is 1. The van der Waals surface area contributed by atoms with Gasteiger partial charge in [-0.25, -0.2) is 0 Å². The summed E-state index contributed by atoms with van der Waals surface area (Å²) in [6.45, 7) is 3.45. The summed E-state index contributed by atoms with van der Waals surface area (Å²) in [4.78, 5) is 13.1. The summed E-state index contributed by atoms with van der Waals surface area (Å²) in [5.74, 6) is 0.0123. The third kappa shape index (κ3) is 4.31. The van der Waals surface area contributed by atoms with Crippen LogP contribution in [0, 0.1) is 0 Å². The standard InChI is InChI=1S/C9H15ClN4O/c1-3-11-9(15)6-13(2)7-14-5-8(10)4-12-14/h4-5H,3,6-7H2,1-2H3,(H,11,15). The molecule has 1 aromatic heterocycles. The van der Waals surface area contributed by atoms with E-state index in [0.717, 1.165) is 0 Å². The van der Waals surface area contributed by atoms with Crippen LogP contribution >= 0.6 is 11.6 Å². The average molecular weight is 231 g/mol. The van der Waals surface area contributed by atoms with Gasteiger partial charge in [0, 0.05) is 12.7 Å². The molecule has 0 bridgehead atoms. The monoisotopic (exact) mass is 230 g/mol. The summed E-state index contributed by atoms with van der Waals surface area (Å²) >= 11 is 5.72. The molecule has 0 radical (unpaired) electrons. The molecule has 0 saturated carbocycles. The van der Waals surface area contributed by atoms with Crippen LogP contribution in [0.2, 0.25) is 5.02 Å². The minimum atomic E-state index is 0.0123. The highest BCUT2D eigenvalue weighted by atomic mass is 35.5. The molecule has 0 fully saturated rings. The Morgan fingerprint density at radius 2 is 2.47 bits per heavy atom. The Kier molecular flexibility index (Phi) is 4.58. The summed E-state index contributed by atoms with van der Waals surface area (Å²) in [7, 11) is 1.85. The lowest BCUT2D eigenvalue weighted by molar-refractivity contribution is -0.122. The van der Waals surface area contributed by atoms with Gasteiger partial charge in [-0.05, 0) is 14.0 Å². The lowest BCUT2D eigenvalue weighted by Gasteiger charge is -2.15. The van der Waals surface area contributed by atoms with Gasteiger partial charge in [-0.15, -0.1) is 0 Å². The number of hydrogen-bond acceptors (Lipinski definition) is 3. The molecule has 0 aliphatic heterocycles. The molecule has 0 atom stereocenters. The molecule has 6 heteroatoms. The van der Waals surface area contributed by atoms with E-state index in [-0.39, 0.29) is 5.91 Å². The summed E-state index contributed by atoms with van der Waals surface area (Å²) in [6.07, 6.45) is 3.29. The van der Waals surface area contributed by atoms with E-state index in [1.54, 1.807) is 17.1 Å². The first kappa shape index (κ1) is 12.0. The quantitative estimate of drug-likeness (QED) is 0.804. The predicted molar refractivity (Wildman–Crippen MR) is 58.6 cm³/mol. The second-order valence-corrected chi connectivity index (χ2v) is 3.74. The Hall–Kier alpha value is -1.07. The van der Waals surface area contributed by atoms with Gasteiger partial charge < -0.3 is 5.32 Å². The molecule has 0 spiro atoms. The van der Waals surface area contributed by atoms with E-state index in [9.17, 15) is 4.79 Å². The van der Waals surface area contributed by atoms with Crippen LogP contribution in [0.25, 0.3) is 0 Å². The number of amides is 1. The highest BCUT2D eigenvalue weighted by Crippen LogP contribution is 2.04. The van der Waals surface area contributed by atoms with Crippen molar-refractivity contribution in [1.82, 2.24) is 20.0 Å². The summed E-state index contributed by atoms with van der Waals surface area (Å²) in [5.41, 5.74) is 0. The number of rotatable bonds is 5. The molecule has 1 N–H and O–H groups in total. The first-order chi connectivity index (χ1) is 7.11. The summed E-state index contributed by atoms with van der Waals surface area (Å²) in [6, 6.07) is 0. The average Bonchev–Trinajstić information content (AvgIpc) is 2.51. The molecular formula is C9H15ClN4O. The number of hydrogen-bond donors (Lipinski definition) is 1. The lowest BCUT2D eigenvalue weighted by atomic mass is 10.5. The summed E-state index contributed by atoms with van der Waals surface area (Å²) in [5, 5.41) is 7.35. The van der Waals surface area contributed by atoms with Crippen LogP contribution in [-0.2, 0) is 11.5 Å². The Bertz CT molecular complexity index is 326. The van der Waals surface area contributed by atoms with Crippen LogP contribution in [0.15, 0.2) is 12.4 Å². The minimum absolute atomic E-state index is 0.0123. The van der Waals surface area contributed by atoms with E-state index in [0.29, 0.717) is 24.8 Å². The third-order valence-electron chi connectivity index (χ3n) is 1.78. The van der Waals surface area contributed by atoms with Gasteiger partial charge in [-0.1, -0.05) is 11.6 Å².